The fraction of sp³-hybridized carbons (Fsp3) is 0.385. The van der Waals surface area contributed by atoms with Crippen molar-refractivity contribution in [2.75, 3.05) is 13.2 Å². The number of aromatic nitrogens is 4. The molecule has 0 aliphatic carbocycles. The molecule has 2 N–H and O–H groups in total. The third kappa shape index (κ3) is 5.36. The fourth-order valence-corrected chi connectivity index (χ4v) is 4.63. The molecule has 2 aliphatic rings. The molecule has 3 atom stereocenters. The Morgan fingerprint density at radius 1 is 1.36 bits per heavy atom. The number of rotatable bonds is 5. The molecule has 39 heavy (non-hydrogen) atoms. The molecular formula is C26H25ClF3N5O4. The summed E-state index contributed by atoms with van der Waals surface area (Å²) in [4.78, 5) is 25.5. The Hall–Kier alpha value is -3.48. The molecule has 2 aliphatic heterocycles. The highest BCUT2D eigenvalue weighted by molar-refractivity contribution is 6.31. The van der Waals surface area contributed by atoms with Crippen molar-refractivity contribution in [2.24, 2.45) is 0 Å². The molecule has 0 fully saturated rings. The van der Waals surface area contributed by atoms with E-state index >= 15 is 4.39 Å². The lowest BCUT2D eigenvalue weighted by Crippen LogP contribution is -2.45. The van der Waals surface area contributed by atoms with Crippen LogP contribution in [0.1, 0.15) is 51.6 Å². The maximum absolute atomic E-state index is 16.4. The molecule has 5 heterocycles. The molecule has 5 rings (SSSR count). The van der Waals surface area contributed by atoms with E-state index in [0.717, 1.165) is 0 Å². The van der Waals surface area contributed by atoms with Gasteiger partial charge >= 0.3 is 0 Å². The number of aliphatic hydroxyl groups is 1. The molecule has 0 saturated carbocycles. The van der Waals surface area contributed by atoms with Crippen LogP contribution in [0.2, 0.25) is 5.02 Å². The molecule has 0 aromatic carbocycles. The zero-order valence-electron chi connectivity index (χ0n) is 22.8. The van der Waals surface area contributed by atoms with E-state index in [4.69, 9.17) is 23.8 Å². The summed E-state index contributed by atoms with van der Waals surface area (Å²) < 4.78 is 72.5. The molecule has 0 saturated heterocycles. The predicted molar refractivity (Wildman–Crippen MR) is 134 cm³/mol. The highest BCUT2D eigenvalue weighted by Gasteiger charge is 2.41. The van der Waals surface area contributed by atoms with Gasteiger partial charge in [-0.25, -0.2) is 23.1 Å². The summed E-state index contributed by atoms with van der Waals surface area (Å²) in [6.45, 7) is 0.204. The van der Waals surface area contributed by atoms with Gasteiger partial charge in [0, 0.05) is 36.6 Å². The van der Waals surface area contributed by atoms with Crippen LogP contribution in [0.15, 0.2) is 47.2 Å². The van der Waals surface area contributed by atoms with Crippen molar-refractivity contribution in [3.05, 3.63) is 92.3 Å². The Morgan fingerprint density at radius 2 is 2.15 bits per heavy atom. The van der Waals surface area contributed by atoms with Crippen molar-refractivity contribution < 1.29 is 30.5 Å². The van der Waals surface area contributed by atoms with Gasteiger partial charge in [0.15, 0.2) is 17.8 Å². The number of nitrogens with one attached hydrogen (secondary N) is 1. The van der Waals surface area contributed by atoms with Crippen molar-refractivity contribution in [2.45, 2.75) is 50.7 Å². The maximum Gasteiger partial charge on any atom is 0.274 e. The third-order valence-corrected chi connectivity index (χ3v) is 6.68. The van der Waals surface area contributed by atoms with Gasteiger partial charge in [-0.2, -0.15) is 0 Å². The van der Waals surface area contributed by atoms with Gasteiger partial charge in [-0.15, -0.1) is 0 Å². The van der Waals surface area contributed by atoms with Crippen LogP contribution in [0.5, 0.6) is 5.75 Å². The zero-order chi connectivity index (χ0) is 29.7. The quantitative estimate of drug-likeness (QED) is 0.484. The normalized spacial score (nSPS) is 22.2. The minimum Gasteiger partial charge on any atom is -0.485 e. The summed E-state index contributed by atoms with van der Waals surface area (Å²) in [7, 11) is 0. The second-order valence-corrected chi connectivity index (χ2v) is 9.97. The lowest BCUT2D eigenvalue weighted by atomic mass is 9.91. The topological polar surface area (TPSA) is 111 Å². The van der Waals surface area contributed by atoms with Crippen LogP contribution < -0.4 is 15.6 Å². The van der Waals surface area contributed by atoms with E-state index < -0.39 is 64.1 Å². The van der Waals surface area contributed by atoms with Crippen molar-refractivity contribution >= 4 is 11.6 Å². The van der Waals surface area contributed by atoms with E-state index in [0.29, 0.717) is 17.8 Å². The number of nitrogens with zero attached hydrogens (tertiary/aromatic N) is 4. The number of fused-ring (bicyclic) bond motifs is 3. The van der Waals surface area contributed by atoms with Crippen LogP contribution in [-0.2, 0) is 23.3 Å². The number of hydrogen-bond donors (Lipinski definition) is 2. The maximum atomic E-state index is 16.4. The fourth-order valence-electron chi connectivity index (χ4n) is 4.44. The van der Waals surface area contributed by atoms with Crippen molar-refractivity contribution in [3.8, 4) is 5.75 Å². The molecule has 1 unspecified atom stereocenters. The molecule has 13 heteroatoms. The Morgan fingerprint density at radius 3 is 2.90 bits per heavy atom. The first-order valence-electron chi connectivity index (χ1n) is 12.9. The van der Waals surface area contributed by atoms with E-state index in [9.17, 15) is 18.7 Å². The molecule has 3 aromatic rings. The predicted octanol–water partition coefficient (Wildman–Crippen LogP) is 3.45. The highest BCUT2D eigenvalue weighted by Crippen LogP contribution is 2.38. The molecule has 9 nitrogen and oxygen atoms in total. The molecular weight excluding hydrogens is 539 g/mol. The van der Waals surface area contributed by atoms with E-state index in [2.05, 4.69) is 20.3 Å². The van der Waals surface area contributed by atoms with Gasteiger partial charge in [-0.1, -0.05) is 11.6 Å². The molecule has 0 bridgehead atoms. The average molecular weight is 566 g/mol. The first-order chi connectivity index (χ1) is 19.3. The lowest BCUT2D eigenvalue weighted by Gasteiger charge is -2.38. The second kappa shape index (κ2) is 10.6. The van der Waals surface area contributed by atoms with Crippen LogP contribution in [0.3, 0.4) is 0 Å². The minimum absolute atomic E-state index is 0.0172. The largest absolute Gasteiger partial charge is 0.485 e. The SMILES string of the molecule is [2H]C([2H])(Oc1cc2n(c(=O)c1Cl)C1C(=CN[C@@H](c3ccnc(C(C)(C)O)n3)[C@H]1F)COCC2)c1ncc(F)cc1F. The van der Waals surface area contributed by atoms with Crippen molar-refractivity contribution in [1.29, 1.82) is 0 Å². The summed E-state index contributed by atoms with van der Waals surface area (Å²) in [6.07, 6.45) is 1.90. The van der Waals surface area contributed by atoms with E-state index in [1.807, 2.05) is 0 Å². The number of hydrogen-bond acceptors (Lipinski definition) is 8. The van der Waals surface area contributed by atoms with Gasteiger partial charge in [0.2, 0.25) is 0 Å². The summed E-state index contributed by atoms with van der Waals surface area (Å²) in [5.41, 5.74) is -2.23. The molecule has 206 valence electrons. The van der Waals surface area contributed by atoms with E-state index in [1.54, 1.807) is 6.20 Å². The number of alkyl halides is 1. The second-order valence-electron chi connectivity index (χ2n) is 9.60. The first kappa shape index (κ1) is 24.6. The Kier molecular flexibility index (Phi) is 6.67. The molecule has 3 aromatic heterocycles. The Balaban J connectivity index is 1.56. The van der Waals surface area contributed by atoms with Crippen LogP contribution in [0.25, 0.3) is 0 Å². The van der Waals surface area contributed by atoms with Crippen LogP contribution in [0, 0.1) is 11.6 Å². The molecule has 0 spiro atoms. The van der Waals surface area contributed by atoms with Gasteiger partial charge < -0.3 is 24.5 Å². The summed E-state index contributed by atoms with van der Waals surface area (Å²) in [5, 5.41) is 12.7. The Bertz CT molecular complexity index is 1580. The highest BCUT2D eigenvalue weighted by atomic mass is 35.5. The third-order valence-electron chi connectivity index (χ3n) is 6.34. The first-order valence-corrected chi connectivity index (χ1v) is 12.3. The van der Waals surface area contributed by atoms with Crippen LogP contribution in [-0.4, -0.2) is 44.0 Å². The molecule has 0 amide bonds. The van der Waals surface area contributed by atoms with E-state index in [-0.39, 0.29) is 36.8 Å². The van der Waals surface area contributed by atoms with Crippen molar-refractivity contribution in [3.63, 3.8) is 0 Å². The monoisotopic (exact) mass is 565 g/mol. The minimum atomic E-state index is -2.94. The van der Waals surface area contributed by atoms with Crippen molar-refractivity contribution in [1.82, 2.24) is 24.8 Å². The van der Waals surface area contributed by atoms with Crippen LogP contribution >= 0.6 is 11.6 Å². The van der Waals surface area contributed by atoms with E-state index in [1.165, 1.54) is 36.7 Å². The number of pyridine rings is 2. The van der Waals surface area contributed by atoms with Gasteiger partial charge in [0.05, 0.1) is 33.9 Å². The van der Waals surface area contributed by atoms with Gasteiger partial charge in [0.1, 0.15) is 40.5 Å². The van der Waals surface area contributed by atoms with Gasteiger partial charge in [-0.05, 0) is 25.5 Å². The number of halogens is 4. The van der Waals surface area contributed by atoms with Crippen LogP contribution in [0.4, 0.5) is 13.2 Å². The number of ether oxygens (including phenoxy) is 2. The average Bonchev–Trinajstić information content (AvgIpc) is 2.88. The van der Waals surface area contributed by atoms with Gasteiger partial charge in [0.25, 0.3) is 5.56 Å². The summed E-state index contributed by atoms with van der Waals surface area (Å²) >= 11 is 6.35. The Labute approximate surface area is 229 Å². The standard InChI is InChI=1S/C26H25ClF3N5O4/c1-26(2,37)25-31-5-3-17(34-25)22-21(30)23-13(9-33-22)11-38-6-4-15-8-19(20(27)24(36)35(15)23)39-12-18-16(29)7-14(28)10-32-18/h3,5,7-10,21-23,33,37H,4,6,11-12H2,1-2H3/t21-,22+,23?/m1/s1/i12D2. The lowest BCUT2D eigenvalue weighted by molar-refractivity contribution is 0.0677. The summed E-state index contributed by atoms with van der Waals surface area (Å²) in [6, 6.07) is 0.974. The smallest absolute Gasteiger partial charge is 0.274 e. The summed E-state index contributed by atoms with van der Waals surface area (Å²) in [5.74, 6) is -2.65. The zero-order valence-corrected chi connectivity index (χ0v) is 21.5. The molecule has 0 radical (unpaired) electrons. The van der Waals surface area contributed by atoms with Gasteiger partial charge in [-0.3, -0.25) is 9.78 Å².